The number of thiophene rings is 1. The topological polar surface area (TPSA) is 9.23 Å². The molecule has 18 heavy (non-hydrogen) atoms. The lowest BCUT2D eigenvalue weighted by Crippen LogP contribution is -2.34. The standard InChI is InChI=1S/C15H23BrOS/c1-10(2)12-5-4-11(3)8-14(12)17-9-15-13(16)6-7-18-15/h6-7,10-12,14H,4-5,8-9H2,1-3H3. The molecule has 3 unspecified atom stereocenters. The highest BCUT2D eigenvalue weighted by molar-refractivity contribution is 9.10. The molecule has 1 aliphatic rings. The first-order chi connectivity index (χ1) is 8.58. The van der Waals surface area contributed by atoms with Crippen molar-refractivity contribution >= 4 is 27.3 Å². The highest BCUT2D eigenvalue weighted by Crippen LogP contribution is 2.36. The summed E-state index contributed by atoms with van der Waals surface area (Å²) in [5.41, 5.74) is 0. The Balaban J connectivity index is 1.94. The summed E-state index contributed by atoms with van der Waals surface area (Å²) in [5, 5.41) is 2.12. The predicted molar refractivity (Wildman–Crippen MR) is 81.9 cm³/mol. The van der Waals surface area contributed by atoms with Gasteiger partial charge in [0.15, 0.2) is 0 Å². The molecular formula is C15H23BrOS. The molecule has 1 aliphatic carbocycles. The minimum atomic E-state index is 0.447. The van der Waals surface area contributed by atoms with Crippen molar-refractivity contribution in [1.82, 2.24) is 0 Å². The van der Waals surface area contributed by atoms with E-state index in [1.54, 1.807) is 11.3 Å². The van der Waals surface area contributed by atoms with Crippen molar-refractivity contribution in [1.29, 1.82) is 0 Å². The van der Waals surface area contributed by atoms with E-state index >= 15 is 0 Å². The third kappa shape index (κ3) is 3.58. The summed E-state index contributed by atoms with van der Waals surface area (Å²) >= 11 is 5.35. The lowest BCUT2D eigenvalue weighted by atomic mass is 9.75. The van der Waals surface area contributed by atoms with Crippen molar-refractivity contribution < 1.29 is 4.74 Å². The Labute approximate surface area is 123 Å². The van der Waals surface area contributed by atoms with Crippen LogP contribution in [0.3, 0.4) is 0 Å². The molecule has 1 nitrogen and oxygen atoms in total. The molecule has 3 atom stereocenters. The van der Waals surface area contributed by atoms with E-state index in [1.165, 1.54) is 28.6 Å². The van der Waals surface area contributed by atoms with Gasteiger partial charge in [-0.15, -0.1) is 11.3 Å². The molecule has 3 heteroatoms. The third-order valence-corrected chi connectivity index (χ3v) is 5.98. The Hall–Kier alpha value is 0.140. The van der Waals surface area contributed by atoms with Gasteiger partial charge in [0.25, 0.3) is 0 Å². The summed E-state index contributed by atoms with van der Waals surface area (Å²) < 4.78 is 7.43. The Bertz CT molecular complexity index is 374. The van der Waals surface area contributed by atoms with Crippen LogP contribution in [-0.4, -0.2) is 6.10 Å². The second-order valence-corrected chi connectivity index (χ2v) is 7.72. The first kappa shape index (κ1) is 14.5. The van der Waals surface area contributed by atoms with Crippen LogP contribution in [0.4, 0.5) is 0 Å². The number of ether oxygens (including phenoxy) is 1. The Morgan fingerprint density at radius 2 is 2.22 bits per heavy atom. The zero-order chi connectivity index (χ0) is 13.1. The fourth-order valence-corrected chi connectivity index (χ4v) is 4.30. The van der Waals surface area contributed by atoms with Gasteiger partial charge in [0.2, 0.25) is 0 Å². The fraction of sp³-hybridized carbons (Fsp3) is 0.733. The van der Waals surface area contributed by atoms with E-state index in [0.29, 0.717) is 6.10 Å². The molecule has 0 spiro atoms. The van der Waals surface area contributed by atoms with Gasteiger partial charge in [-0.1, -0.05) is 27.2 Å². The SMILES string of the molecule is CC1CCC(C(C)C)C(OCc2sccc2Br)C1. The zero-order valence-corrected chi connectivity index (χ0v) is 13.9. The summed E-state index contributed by atoms with van der Waals surface area (Å²) in [6.07, 6.45) is 4.37. The van der Waals surface area contributed by atoms with Crippen molar-refractivity contribution in [3.05, 3.63) is 20.8 Å². The van der Waals surface area contributed by atoms with Crippen LogP contribution in [-0.2, 0) is 11.3 Å². The number of hydrogen-bond donors (Lipinski definition) is 0. The first-order valence-electron chi connectivity index (χ1n) is 6.91. The summed E-state index contributed by atoms with van der Waals surface area (Å²) in [6, 6.07) is 2.10. The largest absolute Gasteiger partial charge is 0.372 e. The van der Waals surface area contributed by atoms with Gasteiger partial charge >= 0.3 is 0 Å². The van der Waals surface area contributed by atoms with Crippen molar-refractivity contribution in [2.75, 3.05) is 0 Å². The van der Waals surface area contributed by atoms with Crippen LogP contribution < -0.4 is 0 Å². The van der Waals surface area contributed by atoms with E-state index in [-0.39, 0.29) is 0 Å². The van der Waals surface area contributed by atoms with Crippen LogP contribution in [0.5, 0.6) is 0 Å². The molecule has 2 rings (SSSR count). The minimum Gasteiger partial charge on any atom is -0.372 e. The molecule has 1 aromatic rings. The molecule has 0 saturated heterocycles. The Morgan fingerprint density at radius 1 is 1.44 bits per heavy atom. The van der Waals surface area contributed by atoms with Crippen LogP contribution in [0, 0.1) is 17.8 Å². The van der Waals surface area contributed by atoms with E-state index in [4.69, 9.17) is 4.74 Å². The van der Waals surface area contributed by atoms with E-state index in [2.05, 4.69) is 48.1 Å². The van der Waals surface area contributed by atoms with Gasteiger partial charge in [-0.2, -0.15) is 0 Å². The smallest absolute Gasteiger partial charge is 0.0824 e. The molecule has 0 bridgehead atoms. The quantitative estimate of drug-likeness (QED) is 0.709. The van der Waals surface area contributed by atoms with Gasteiger partial charge in [-0.25, -0.2) is 0 Å². The monoisotopic (exact) mass is 330 g/mol. The molecule has 1 saturated carbocycles. The molecule has 0 aliphatic heterocycles. The van der Waals surface area contributed by atoms with Crippen molar-refractivity contribution in [2.24, 2.45) is 17.8 Å². The van der Waals surface area contributed by atoms with E-state index < -0.39 is 0 Å². The van der Waals surface area contributed by atoms with Gasteiger partial charge in [0.05, 0.1) is 12.7 Å². The van der Waals surface area contributed by atoms with E-state index in [9.17, 15) is 0 Å². The van der Waals surface area contributed by atoms with Crippen LogP contribution in [0.2, 0.25) is 0 Å². The number of hydrogen-bond acceptors (Lipinski definition) is 2. The lowest BCUT2D eigenvalue weighted by Gasteiger charge is -2.37. The van der Waals surface area contributed by atoms with Gasteiger partial charge in [-0.05, 0) is 58.0 Å². The molecule has 1 aromatic heterocycles. The highest BCUT2D eigenvalue weighted by Gasteiger charge is 2.31. The maximum Gasteiger partial charge on any atom is 0.0824 e. The highest BCUT2D eigenvalue weighted by atomic mass is 79.9. The average Bonchev–Trinajstić information content (AvgIpc) is 2.72. The van der Waals surface area contributed by atoms with Crippen LogP contribution in [0.15, 0.2) is 15.9 Å². The van der Waals surface area contributed by atoms with Crippen molar-refractivity contribution in [3.63, 3.8) is 0 Å². The Morgan fingerprint density at radius 3 is 2.83 bits per heavy atom. The van der Waals surface area contributed by atoms with Gasteiger partial charge in [0.1, 0.15) is 0 Å². The summed E-state index contributed by atoms with van der Waals surface area (Å²) in [6.45, 7) is 7.78. The molecule has 0 aromatic carbocycles. The van der Waals surface area contributed by atoms with Gasteiger partial charge < -0.3 is 4.74 Å². The zero-order valence-electron chi connectivity index (χ0n) is 11.5. The molecular weight excluding hydrogens is 308 g/mol. The normalized spacial score (nSPS) is 28.8. The van der Waals surface area contributed by atoms with Crippen molar-refractivity contribution in [3.8, 4) is 0 Å². The average molecular weight is 331 g/mol. The first-order valence-corrected chi connectivity index (χ1v) is 8.58. The summed E-state index contributed by atoms with van der Waals surface area (Å²) in [5.74, 6) is 2.28. The van der Waals surface area contributed by atoms with Gasteiger partial charge in [0, 0.05) is 9.35 Å². The molecule has 102 valence electrons. The molecule has 0 N–H and O–H groups in total. The van der Waals surface area contributed by atoms with Gasteiger partial charge in [-0.3, -0.25) is 0 Å². The second-order valence-electron chi connectivity index (χ2n) is 5.87. The maximum absolute atomic E-state index is 6.23. The van der Waals surface area contributed by atoms with Crippen LogP contribution in [0.25, 0.3) is 0 Å². The summed E-state index contributed by atoms with van der Waals surface area (Å²) in [7, 11) is 0. The second kappa shape index (κ2) is 6.53. The lowest BCUT2D eigenvalue weighted by molar-refractivity contribution is -0.0465. The van der Waals surface area contributed by atoms with E-state index in [1.807, 2.05) is 0 Å². The summed E-state index contributed by atoms with van der Waals surface area (Å²) in [4.78, 5) is 1.32. The molecule has 0 amide bonds. The van der Waals surface area contributed by atoms with E-state index in [0.717, 1.165) is 24.4 Å². The van der Waals surface area contributed by atoms with Crippen LogP contribution >= 0.6 is 27.3 Å². The van der Waals surface area contributed by atoms with Crippen LogP contribution in [0.1, 0.15) is 44.9 Å². The predicted octanol–water partition coefficient (Wildman–Crippen LogP) is 5.49. The number of rotatable bonds is 4. The number of halogens is 1. The maximum atomic E-state index is 6.23. The fourth-order valence-electron chi connectivity index (χ4n) is 2.92. The molecule has 1 heterocycles. The molecule has 0 radical (unpaired) electrons. The minimum absolute atomic E-state index is 0.447. The molecule has 1 fully saturated rings. The third-order valence-electron chi connectivity index (χ3n) is 4.08. The Kier molecular flexibility index (Phi) is 5.28. The van der Waals surface area contributed by atoms with Crippen molar-refractivity contribution in [2.45, 2.75) is 52.7 Å².